The van der Waals surface area contributed by atoms with Crippen molar-refractivity contribution in [1.29, 1.82) is 0 Å². The number of aliphatic hydroxyl groups is 1. The van der Waals surface area contributed by atoms with Gasteiger partial charge in [-0.3, -0.25) is 0 Å². The molecule has 0 spiro atoms. The third-order valence-corrected chi connectivity index (χ3v) is 9.50. The molecular weight excluding hydrogens is 466 g/mol. The summed E-state index contributed by atoms with van der Waals surface area (Å²) in [5.41, 5.74) is 2.22. The van der Waals surface area contributed by atoms with E-state index in [1.807, 2.05) is 42.5 Å². The van der Waals surface area contributed by atoms with Crippen LogP contribution in [0.5, 0.6) is 0 Å². The van der Waals surface area contributed by atoms with Crippen molar-refractivity contribution < 1.29 is 13.5 Å². The maximum absolute atomic E-state index is 13.2. The summed E-state index contributed by atoms with van der Waals surface area (Å²) in [4.78, 5) is 4.55. The molecule has 1 aliphatic rings. The van der Waals surface area contributed by atoms with Crippen LogP contribution < -0.4 is 4.90 Å². The second-order valence-corrected chi connectivity index (χ2v) is 12.5. The van der Waals surface area contributed by atoms with Gasteiger partial charge in [-0.15, -0.1) is 11.3 Å². The van der Waals surface area contributed by atoms with Gasteiger partial charge in [0.2, 0.25) is 0 Å². The highest BCUT2D eigenvalue weighted by atomic mass is 32.2. The van der Waals surface area contributed by atoms with Gasteiger partial charge in [0.1, 0.15) is 4.21 Å². The quantitative estimate of drug-likeness (QED) is 0.508. The molecule has 0 saturated carbocycles. The Bertz CT molecular complexity index is 1160. The first-order chi connectivity index (χ1) is 16.1. The van der Waals surface area contributed by atoms with Crippen molar-refractivity contribution in [3.63, 3.8) is 0 Å². The van der Waals surface area contributed by atoms with E-state index >= 15 is 0 Å². The van der Waals surface area contributed by atoms with Crippen molar-refractivity contribution >= 4 is 27.0 Å². The lowest BCUT2D eigenvalue weighted by molar-refractivity contribution is 0.0786. The maximum atomic E-state index is 13.2. The smallest absolute Gasteiger partial charge is 0.252 e. The first kappa shape index (κ1) is 24.9. The molecule has 0 amide bonds. The van der Waals surface area contributed by atoms with Crippen LogP contribution in [0.1, 0.15) is 25.0 Å². The van der Waals surface area contributed by atoms with E-state index in [2.05, 4.69) is 29.0 Å². The number of anilines is 1. The van der Waals surface area contributed by atoms with Gasteiger partial charge >= 0.3 is 0 Å². The number of hydrogen-bond donors (Lipinski definition) is 1. The van der Waals surface area contributed by atoms with Gasteiger partial charge in [0.25, 0.3) is 10.0 Å². The molecule has 1 fully saturated rings. The average molecular weight is 500 g/mol. The normalized spacial score (nSPS) is 17.9. The zero-order valence-electron chi connectivity index (χ0n) is 20.0. The minimum atomic E-state index is -3.50. The molecular formula is C26H33N3O3S2. The Morgan fingerprint density at radius 1 is 1.03 bits per heavy atom. The van der Waals surface area contributed by atoms with E-state index in [4.69, 9.17) is 0 Å². The molecule has 34 heavy (non-hydrogen) atoms. The fraction of sp³-hybridized carbons (Fsp3) is 0.385. The van der Waals surface area contributed by atoms with Gasteiger partial charge in [-0.1, -0.05) is 48.5 Å². The zero-order valence-corrected chi connectivity index (χ0v) is 21.6. The van der Waals surface area contributed by atoms with Crippen LogP contribution in [-0.2, 0) is 22.2 Å². The Kier molecular flexibility index (Phi) is 7.45. The minimum absolute atomic E-state index is 0.00909. The second kappa shape index (κ2) is 10.2. The number of piperazine rings is 1. The predicted octanol–water partition coefficient (Wildman–Crippen LogP) is 3.99. The SMILES string of the molecule is CN(Cc1ccccc1)C[C@H]1CN(S(=O)(=O)c2cccs2)CCN1c1ccc(C(C)(C)O)cc1. The van der Waals surface area contributed by atoms with Gasteiger partial charge in [0.05, 0.1) is 11.6 Å². The topological polar surface area (TPSA) is 64.1 Å². The van der Waals surface area contributed by atoms with Crippen molar-refractivity contribution in [3.8, 4) is 0 Å². The van der Waals surface area contributed by atoms with E-state index in [9.17, 15) is 13.5 Å². The molecule has 1 saturated heterocycles. The molecule has 1 aliphatic heterocycles. The van der Waals surface area contributed by atoms with Crippen LogP contribution in [0.2, 0.25) is 0 Å². The van der Waals surface area contributed by atoms with Crippen LogP contribution >= 0.6 is 11.3 Å². The first-order valence-corrected chi connectivity index (χ1v) is 13.8. The molecule has 182 valence electrons. The van der Waals surface area contributed by atoms with Crippen LogP contribution in [0.4, 0.5) is 5.69 Å². The molecule has 6 nitrogen and oxygen atoms in total. The second-order valence-electron chi connectivity index (χ2n) is 9.43. The largest absolute Gasteiger partial charge is 0.386 e. The average Bonchev–Trinajstić information content (AvgIpc) is 3.35. The lowest BCUT2D eigenvalue weighted by Gasteiger charge is -2.43. The summed E-state index contributed by atoms with van der Waals surface area (Å²) in [5.74, 6) is 0. The van der Waals surface area contributed by atoms with E-state index in [-0.39, 0.29) is 6.04 Å². The molecule has 0 aliphatic carbocycles. The van der Waals surface area contributed by atoms with E-state index in [1.54, 1.807) is 35.7 Å². The summed E-state index contributed by atoms with van der Waals surface area (Å²) in [6.07, 6.45) is 0. The number of thiophene rings is 1. The fourth-order valence-electron chi connectivity index (χ4n) is 4.46. The Balaban J connectivity index is 1.57. The van der Waals surface area contributed by atoms with Crippen LogP contribution in [0.25, 0.3) is 0 Å². The standard InChI is InChI=1S/C26H33N3O3S2/c1-26(2,30)22-11-13-23(14-12-22)29-16-15-28(34(31,32)25-10-7-17-33-25)20-24(29)19-27(3)18-21-8-5-4-6-9-21/h4-14,17,24,30H,15-16,18-20H2,1-3H3/t24-/m0/s1. The highest BCUT2D eigenvalue weighted by Crippen LogP contribution is 2.29. The summed E-state index contributed by atoms with van der Waals surface area (Å²) >= 11 is 1.26. The Morgan fingerprint density at radius 3 is 2.35 bits per heavy atom. The summed E-state index contributed by atoms with van der Waals surface area (Å²) < 4.78 is 28.5. The highest BCUT2D eigenvalue weighted by molar-refractivity contribution is 7.91. The van der Waals surface area contributed by atoms with Crippen molar-refractivity contribution in [2.75, 3.05) is 38.1 Å². The fourth-order valence-corrected chi connectivity index (χ4v) is 7.07. The van der Waals surface area contributed by atoms with Crippen molar-refractivity contribution in [1.82, 2.24) is 9.21 Å². The zero-order chi connectivity index (χ0) is 24.3. The lowest BCUT2D eigenvalue weighted by Crippen LogP contribution is -2.58. The number of benzene rings is 2. The summed E-state index contributed by atoms with van der Waals surface area (Å²) in [6, 6.07) is 21.7. The minimum Gasteiger partial charge on any atom is -0.386 e. The summed E-state index contributed by atoms with van der Waals surface area (Å²) in [7, 11) is -1.43. The number of nitrogens with zero attached hydrogens (tertiary/aromatic N) is 3. The maximum Gasteiger partial charge on any atom is 0.252 e. The molecule has 0 radical (unpaired) electrons. The highest BCUT2D eigenvalue weighted by Gasteiger charge is 2.35. The summed E-state index contributed by atoms with van der Waals surface area (Å²) in [6.45, 7) is 6.53. The predicted molar refractivity (Wildman–Crippen MR) is 139 cm³/mol. The van der Waals surface area contributed by atoms with Crippen molar-refractivity contribution in [2.24, 2.45) is 0 Å². The Hall–Kier alpha value is -2.23. The number of sulfonamides is 1. The van der Waals surface area contributed by atoms with E-state index < -0.39 is 15.6 Å². The van der Waals surface area contributed by atoms with Gasteiger partial charge in [-0.25, -0.2) is 8.42 Å². The number of rotatable bonds is 8. The molecule has 0 bridgehead atoms. The van der Waals surface area contributed by atoms with Crippen molar-refractivity contribution in [3.05, 3.63) is 83.2 Å². The van der Waals surface area contributed by atoms with Crippen LogP contribution in [0, 0.1) is 0 Å². The van der Waals surface area contributed by atoms with Crippen LogP contribution in [0.15, 0.2) is 76.3 Å². The van der Waals surface area contributed by atoms with Gasteiger partial charge < -0.3 is 14.9 Å². The van der Waals surface area contributed by atoms with Gasteiger partial charge in [0.15, 0.2) is 0 Å². The molecule has 2 aromatic carbocycles. The Morgan fingerprint density at radius 2 is 1.74 bits per heavy atom. The molecule has 8 heteroatoms. The molecule has 2 heterocycles. The summed E-state index contributed by atoms with van der Waals surface area (Å²) in [5, 5.41) is 12.1. The van der Waals surface area contributed by atoms with Gasteiger partial charge in [-0.2, -0.15) is 4.31 Å². The molecule has 1 atom stereocenters. The van der Waals surface area contributed by atoms with E-state index in [1.165, 1.54) is 16.9 Å². The van der Waals surface area contributed by atoms with Gasteiger partial charge in [0, 0.05) is 38.4 Å². The number of likely N-dealkylation sites (N-methyl/N-ethyl adjacent to an activating group) is 1. The number of hydrogen-bond acceptors (Lipinski definition) is 6. The van der Waals surface area contributed by atoms with Crippen LogP contribution in [0.3, 0.4) is 0 Å². The molecule has 1 aromatic heterocycles. The molecule has 3 aromatic rings. The Labute approximate surface area is 207 Å². The van der Waals surface area contributed by atoms with Gasteiger partial charge in [-0.05, 0) is 55.6 Å². The van der Waals surface area contributed by atoms with Crippen LogP contribution in [-0.4, -0.2) is 62.0 Å². The monoisotopic (exact) mass is 499 g/mol. The molecule has 1 N–H and O–H groups in total. The first-order valence-electron chi connectivity index (χ1n) is 11.5. The molecule has 4 rings (SSSR count). The van der Waals surface area contributed by atoms with Crippen molar-refractivity contribution in [2.45, 2.75) is 36.2 Å². The lowest BCUT2D eigenvalue weighted by atomic mass is 9.98. The molecule has 0 unspecified atom stereocenters. The van der Waals surface area contributed by atoms with E-state index in [0.717, 1.165) is 24.3 Å². The third-order valence-electron chi connectivity index (χ3n) is 6.26. The van der Waals surface area contributed by atoms with E-state index in [0.29, 0.717) is 23.8 Å². The third kappa shape index (κ3) is 5.70.